The molecular weight excluding hydrogens is 470 g/mol. The lowest BCUT2D eigenvalue weighted by molar-refractivity contribution is -0.134. The number of aliphatic hydroxyl groups excluding tert-OH is 1. The summed E-state index contributed by atoms with van der Waals surface area (Å²) in [4.78, 5) is 13.4. The first kappa shape index (κ1) is 27.5. The summed E-state index contributed by atoms with van der Waals surface area (Å²) in [5.74, 6) is 1.52. The largest absolute Gasteiger partial charge is 0.481 e. The van der Waals surface area contributed by atoms with Gasteiger partial charge in [-0.2, -0.15) is 8.42 Å². The van der Waals surface area contributed by atoms with Crippen LogP contribution in [0.4, 0.5) is 0 Å². The summed E-state index contributed by atoms with van der Waals surface area (Å²) in [6.07, 6.45) is 17.0. The van der Waals surface area contributed by atoms with Gasteiger partial charge >= 0.3 is 10.4 Å². The van der Waals surface area contributed by atoms with Gasteiger partial charge in [0.2, 0.25) is 0 Å². The van der Waals surface area contributed by atoms with E-state index in [1.807, 2.05) is 12.4 Å². The number of aliphatic hydroxyl groups is 1. The van der Waals surface area contributed by atoms with Crippen LogP contribution in [0, 0.1) is 28.6 Å². The summed E-state index contributed by atoms with van der Waals surface area (Å²) in [5.41, 5.74) is 5.09. The van der Waals surface area contributed by atoms with Crippen LogP contribution < -0.4 is 0 Å². The molecule has 1 heterocycles. The van der Waals surface area contributed by atoms with Gasteiger partial charge in [-0.05, 0) is 90.7 Å². The molecule has 9 heteroatoms. The van der Waals surface area contributed by atoms with Gasteiger partial charge in [-0.1, -0.05) is 37.6 Å². The van der Waals surface area contributed by atoms with Gasteiger partial charge in [0.15, 0.2) is 0 Å². The highest BCUT2D eigenvalue weighted by atomic mass is 32.3. The van der Waals surface area contributed by atoms with Crippen molar-refractivity contribution in [3.63, 3.8) is 0 Å². The molecule has 4 aliphatic carbocycles. The predicted octanol–water partition coefficient (Wildman–Crippen LogP) is 4.84. The predicted molar refractivity (Wildman–Crippen MR) is 133 cm³/mol. The Bertz CT molecular complexity index is 1070. The summed E-state index contributed by atoms with van der Waals surface area (Å²) in [5, 5.41) is 17.6. The highest BCUT2D eigenvalue weighted by Gasteiger charge is 2.56. The van der Waals surface area contributed by atoms with E-state index >= 15 is 0 Å². The van der Waals surface area contributed by atoms with E-state index in [2.05, 4.69) is 43.1 Å². The number of nitrogens with zero attached hydrogens (tertiary/aromatic N) is 1. The van der Waals surface area contributed by atoms with Crippen LogP contribution in [0.25, 0.3) is 5.57 Å². The van der Waals surface area contributed by atoms with Crippen molar-refractivity contribution in [3.8, 4) is 0 Å². The summed E-state index contributed by atoms with van der Waals surface area (Å²) < 4.78 is 31.6. The molecule has 8 nitrogen and oxygen atoms in total. The summed E-state index contributed by atoms with van der Waals surface area (Å²) in [6, 6.07) is 4.31. The molecule has 2 fully saturated rings. The van der Waals surface area contributed by atoms with Crippen molar-refractivity contribution < 1.29 is 32.5 Å². The second kappa shape index (κ2) is 10.5. The number of carbonyl (C=O) groups is 1. The van der Waals surface area contributed by atoms with Crippen LogP contribution in [-0.2, 0) is 15.2 Å². The van der Waals surface area contributed by atoms with E-state index < -0.39 is 16.4 Å². The Balaban J connectivity index is 0.000000330. The molecular formula is C26H37NO7S. The molecule has 0 spiro atoms. The van der Waals surface area contributed by atoms with Crippen LogP contribution >= 0.6 is 0 Å². The van der Waals surface area contributed by atoms with Crippen LogP contribution in [0.3, 0.4) is 0 Å². The van der Waals surface area contributed by atoms with Crippen molar-refractivity contribution in [3.05, 3.63) is 47.8 Å². The molecule has 2 saturated carbocycles. The van der Waals surface area contributed by atoms with E-state index in [1.165, 1.54) is 37.7 Å². The fraction of sp³-hybridized carbons (Fsp3) is 0.615. The molecule has 0 aromatic carbocycles. The first-order valence-corrected chi connectivity index (χ1v) is 13.5. The minimum atomic E-state index is -4.67. The maximum Gasteiger partial charge on any atom is 0.394 e. The highest BCUT2D eigenvalue weighted by Crippen LogP contribution is 2.66. The molecule has 1 aromatic rings. The van der Waals surface area contributed by atoms with E-state index in [4.69, 9.17) is 27.4 Å². The molecule has 6 atom stereocenters. The molecule has 0 unspecified atom stereocenters. The topological polar surface area (TPSA) is 145 Å². The van der Waals surface area contributed by atoms with Gasteiger partial charge in [0.1, 0.15) is 0 Å². The fourth-order valence-corrected chi connectivity index (χ4v) is 7.18. The van der Waals surface area contributed by atoms with Crippen LogP contribution in [0.5, 0.6) is 0 Å². The van der Waals surface area contributed by atoms with Crippen molar-refractivity contribution in [1.29, 1.82) is 0 Å². The van der Waals surface area contributed by atoms with Gasteiger partial charge in [-0.25, -0.2) is 0 Å². The Morgan fingerprint density at radius 2 is 1.69 bits per heavy atom. The first-order chi connectivity index (χ1) is 16.3. The van der Waals surface area contributed by atoms with Crippen molar-refractivity contribution >= 4 is 21.9 Å². The van der Waals surface area contributed by atoms with Gasteiger partial charge in [-0.15, -0.1) is 0 Å². The molecule has 0 saturated heterocycles. The quantitative estimate of drug-likeness (QED) is 0.312. The second-order valence-corrected chi connectivity index (χ2v) is 11.6. The number of hydrogen-bond acceptors (Lipinski definition) is 5. The molecule has 4 aliphatic rings. The van der Waals surface area contributed by atoms with Gasteiger partial charge < -0.3 is 10.2 Å². The number of fused-ring (bicyclic) bond motifs is 5. The van der Waals surface area contributed by atoms with Crippen molar-refractivity contribution in [2.24, 2.45) is 28.6 Å². The number of allylic oxidation sites excluding steroid dienone is 3. The molecule has 35 heavy (non-hydrogen) atoms. The third kappa shape index (κ3) is 6.20. The van der Waals surface area contributed by atoms with Crippen LogP contribution in [0.15, 0.2) is 42.3 Å². The normalized spacial score (nSPS) is 35.4. The summed E-state index contributed by atoms with van der Waals surface area (Å²) in [6.45, 7) is 6.11. The molecule has 194 valence electrons. The van der Waals surface area contributed by atoms with Crippen molar-refractivity contribution in [2.75, 3.05) is 0 Å². The van der Waals surface area contributed by atoms with Gasteiger partial charge in [0.05, 0.1) is 6.10 Å². The van der Waals surface area contributed by atoms with Crippen molar-refractivity contribution in [1.82, 2.24) is 4.98 Å². The number of hydrogen-bond donors (Lipinski definition) is 4. The molecule has 4 N–H and O–H groups in total. The molecule has 0 bridgehead atoms. The minimum Gasteiger partial charge on any atom is -0.481 e. The third-order valence-electron chi connectivity index (χ3n) is 8.63. The number of carboxylic acids is 1. The molecule has 5 rings (SSSR count). The molecule has 0 aliphatic heterocycles. The minimum absolute atomic E-state index is 0.106. The van der Waals surface area contributed by atoms with Gasteiger partial charge in [-0.3, -0.25) is 18.9 Å². The zero-order chi connectivity index (χ0) is 26.0. The Morgan fingerprint density at radius 1 is 1.06 bits per heavy atom. The zero-order valence-corrected chi connectivity index (χ0v) is 21.4. The van der Waals surface area contributed by atoms with E-state index in [-0.39, 0.29) is 6.10 Å². The smallest absolute Gasteiger partial charge is 0.394 e. The number of carboxylic acid groups (broad SMARTS) is 1. The molecule has 0 radical (unpaired) electrons. The van der Waals surface area contributed by atoms with E-state index in [9.17, 15) is 5.11 Å². The lowest BCUT2D eigenvalue weighted by atomic mass is 9.47. The molecule has 0 amide bonds. The zero-order valence-electron chi connectivity index (χ0n) is 20.6. The average Bonchev–Trinajstić information content (AvgIpc) is 3.10. The number of pyridine rings is 1. The van der Waals surface area contributed by atoms with E-state index in [0.717, 1.165) is 37.5 Å². The van der Waals surface area contributed by atoms with Crippen molar-refractivity contribution in [2.45, 2.75) is 71.8 Å². The lowest BCUT2D eigenvalue weighted by Crippen LogP contribution is -2.49. The van der Waals surface area contributed by atoms with Gasteiger partial charge in [0, 0.05) is 19.3 Å². The first-order valence-electron chi connectivity index (χ1n) is 12.1. The maximum absolute atomic E-state index is 10.2. The van der Waals surface area contributed by atoms with Gasteiger partial charge in [0.25, 0.3) is 5.97 Å². The molecule has 1 aromatic heterocycles. The highest BCUT2D eigenvalue weighted by molar-refractivity contribution is 7.79. The summed E-state index contributed by atoms with van der Waals surface area (Å²) >= 11 is 0. The lowest BCUT2D eigenvalue weighted by Gasteiger charge is -2.57. The Labute approximate surface area is 207 Å². The van der Waals surface area contributed by atoms with Crippen LogP contribution in [-0.4, -0.2) is 44.8 Å². The standard InChI is InChI=1S/C24H31NO.C2H4O2.H2O4S/c1-23-11-9-18(26)14-17(23)5-6-19-21-8-7-20(16-4-3-13-25-15-16)24(21,2)12-10-22(19)23;1-2(3)4;1-5(2,3)4/h3-5,7,13,15,18-19,21-22,26H,6,8-12,14H2,1-2H3;1H3,(H,3,4);(H2,1,2,3,4)/t18-,19-,21-,22-,23-,24+;;/m0../s1. The number of aromatic nitrogens is 1. The van der Waals surface area contributed by atoms with Crippen LogP contribution in [0.1, 0.15) is 71.3 Å². The van der Waals surface area contributed by atoms with E-state index in [1.54, 1.807) is 11.1 Å². The Morgan fingerprint density at radius 3 is 2.29 bits per heavy atom. The summed E-state index contributed by atoms with van der Waals surface area (Å²) in [7, 11) is -4.67. The third-order valence-corrected chi connectivity index (χ3v) is 8.63. The Hall–Kier alpha value is -2.07. The van der Waals surface area contributed by atoms with E-state index in [0.29, 0.717) is 10.8 Å². The monoisotopic (exact) mass is 507 g/mol. The SMILES string of the molecule is CC(=O)O.C[C@]12CC[C@H](O)CC1=CC[C@@H]1[C@@H]2CC[C@]2(C)C(c3cccnc3)=CC[C@@H]12.O=S(=O)(O)O. The fourth-order valence-electron chi connectivity index (χ4n) is 7.18. The second-order valence-electron chi connectivity index (χ2n) is 10.7. The van der Waals surface area contributed by atoms with Crippen LogP contribution in [0.2, 0.25) is 0 Å². The number of rotatable bonds is 1. The maximum atomic E-state index is 10.2. The number of aliphatic carboxylic acids is 1. The Kier molecular flexibility index (Phi) is 8.26. The average molecular weight is 508 g/mol.